The van der Waals surface area contributed by atoms with Crippen LogP contribution in [0.25, 0.3) is 16.9 Å². The number of hydrogen-bond donors (Lipinski definition) is 1. The average Bonchev–Trinajstić information content (AvgIpc) is 2.95. The van der Waals surface area contributed by atoms with Gasteiger partial charge in [0.2, 0.25) is 10.0 Å². The van der Waals surface area contributed by atoms with E-state index in [0.717, 1.165) is 0 Å². The maximum atomic E-state index is 14.0. The highest BCUT2D eigenvalue weighted by Crippen LogP contribution is 2.32. The zero-order valence-corrected chi connectivity index (χ0v) is 14.6. The van der Waals surface area contributed by atoms with E-state index in [1.165, 1.54) is 54.4 Å². The largest absolute Gasteiger partial charge is 0.494 e. The van der Waals surface area contributed by atoms with Gasteiger partial charge in [0.05, 0.1) is 34.6 Å². The lowest BCUT2D eigenvalue weighted by molar-refractivity contribution is 0.386. The Labute approximate surface area is 148 Å². The summed E-state index contributed by atoms with van der Waals surface area (Å²) in [6.45, 7) is 0. The molecule has 1 aromatic heterocycles. The summed E-state index contributed by atoms with van der Waals surface area (Å²) in [5.41, 5.74) is 1.51. The quantitative estimate of drug-likeness (QED) is 0.752. The molecule has 0 fully saturated rings. The SMILES string of the molecule is COc1ccc(-c2c(Cl)cnn2-c2ccc(S(N)(=O)=O)cc2)cc1F. The Hall–Kier alpha value is -2.42. The van der Waals surface area contributed by atoms with Gasteiger partial charge in [-0.05, 0) is 42.5 Å². The molecular formula is C16H13ClFN3O3S. The lowest BCUT2D eigenvalue weighted by Gasteiger charge is -2.10. The van der Waals surface area contributed by atoms with Crippen LogP contribution in [0.3, 0.4) is 0 Å². The van der Waals surface area contributed by atoms with Crippen molar-refractivity contribution in [3.8, 4) is 22.7 Å². The van der Waals surface area contributed by atoms with Crippen LogP contribution in [-0.4, -0.2) is 25.3 Å². The summed E-state index contributed by atoms with van der Waals surface area (Å²) >= 11 is 6.21. The van der Waals surface area contributed by atoms with E-state index in [-0.39, 0.29) is 10.6 Å². The average molecular weight is 382 g/mol. The van der Waals surface area contributed by atoms with Crippen LogP contribution in [0.1, 0.15) is 0 Å². The molecule has 0 radical (unpaired) electrons. The fraction of sp³-hybridized carbons (Fsp3) is 0.0625. The molecule has 25 heavy (non-hydrogen) atoms. The van der Waals surface area contributed by atoms with Gasteiger partial charge in [-0.2, -0.15) is 5.10 Å². The lowest BCUT2D eigenvalue weighted by atomic mass is 10.1. The van der Waals surface area contributed by atoms with Gasteiger partial charge in [-0.15, -0.1) is 0 Å². The fourth-order valence-electron chi connectivity index (χ4n) is 2.38. The summed E-state index contributed by atoms with van der Waals surface area (Å²) in [6, 6.07) is 10.2. The van der Waals surface area contributed by atoms with Gasteiger partial charge < -0.3 is 4.74 Å². The molecule has 9 heteroatoms. The van der Waals surface area contributed by atoms with Crippen molar-refractivity contribution in [2.24, 2.45) is 5.14 Å². The van der Waals surface area contributed by atoms with Gasteiger partial charge >= 0.3 is 0 Å². The molecule has 0 saturated heterocycles. The molecule has 1 heterocycles. The molecule has 0 spiro atoms. The zero-order valence-electron chi connectivity index (χ0n) is 13.0. The maximum Gasteiger partial charge on any atom is 0.238 e. The number of ether oxygens (including phenoxy) is 1. The van der Waals surface area contributed by atoms with Crippen LogP contribution in [0.2, 0.25) is 5.02 Å². The molecule has 130 valence electrons. The number of benzene rings is 2. The third-order valence-electron chi connectivity index (χ3n) is 3.56. The second kappa shape index (κ2) is 6.47. The molecule has 6 nitrogen and oxygen atoms in total. The number of nitrogens with zero attached hydrogens (tertiary/aromatic N) is 2. The van der Waals surface area contributed by atoms with Gasteiger partial charge in [0.25, 0.3) is 0 Å². The minimum atomic E-state index is -3.79. The Morgan fingerprint density at radius 1 is 1.20 bits per heavy atom. The highest BCUT2D eigenvalue weighted by molar-refractivity contribution is 7.89. The Balaban J connectivity index is 2.10. The van der Waals surface area contributed by atoms with E-state index in [4.69, 9.17) is 21.5 Å². The van der Waals surface area contributed by atoms with E-state index in [1.807, 2.05) is 0 Å². The van der Waals surface area contributed by atoms with Gasteiger partial charge in [-0.3, -0.25) is 0 Å². The molecule has 0 amide bonds. The first kappa shape index (κ1) is 17.4. The molecular weight excluding hydrogens is 369 g/mol. The zero-order chi connectivity index (χ0) is 18.2. The summed E-state index contributed by atoms with van der Waals surface area (Å²) in [5.74, 6) is -0.420. The predicted molar refractivity (Wildman–Crippen MR) is 91.9 cm³/mol. The van der Waals surface area contributed by atoms with Gasteiger partial charge in [0.15, 0.2) is 11.6 Å². The minimum absolute atomic E-state index is 0.0217. The standard InChI is InChI=1S/C16H13ClFN3O3S/c1-24-15-7-2-10(8-14(15)18)16-13(17)9-20-21(16)11-3-5-12(6-4-11)25(19,22)23/h2-9H,1H3,(H2,19,22,23). The van der Waals surface area contributed by atoms with Gasteiger partial charge in [0, 0.05) is 5.56 Å². The molecule has 2 aromatic carbocycles. The summed E-state index contributed by atoms with van der Waals surface area (Å²) in [5, 5.41) is 9.59. The molecule has 3 aromatic rings. The molecule has 2 N–H and O–H groups in total. The van der Waals surface area contributed by atoms with Gasteiger partial charge in [-0.25, -0.2) is 22.6 Å². The molecule has 0 atom stereocenters. The van der Waals surface area contributed by atoms with E-state index in [9.17, 15) is 12.8 Å². The van der Waals surface area contributed by atoms with E-state index in [2.05, 4.69) is 5.10 Å². The smallest absolute Gasteiger partial charge is 0.238 e. The third-order valence-corrected chi connectivity index (χ3v) is 4.77. The maximum absolute atomic E-state index is 14.0. The number of primary sulfonamides is 1. The second-order valence-electron chi connectivity index (χ2n) is 5.14. The Kier molecular flexibility index (Phi) is 4.51. The van der Waals surface area contributed by atoms with Crippen molar-refractivity contribution in [2.45, 2.75) is 4.90 Å². The number of aromatic nitrogens is 2. The molecule has 0 aliphatic heterocycles. The molecule has 3 rings (SSSR count). The van der Waals surface area contributed by atoms with Crippen molar-refractivity contribution < 1.29 is 17.5 Å². The number of nitrogens with two attached hydrogens (primary N) is 1. The van der Waals surface area contributed by atoms with Crippen molar-refractivity contribution in [1.29, 1.82) is 0 Å². The predicted octanol–water partition coefficient (Wildman–Crippen LogP) is 2.99. The van der Waals surface area contributed by atoms with E-state index in [0.29, 0.717) is 22.0 Å². The number of hydrogen-bond acceptors (Lipinski definition) is 4. The molecule has 0 unspecified atom stereocenters. The highest BCUT2D eigenvalue weighted by Gasteiger charge is 2.16. The van der Waals surface area contributed by atoms with Gasteiger partial charge in [-0.1, -0.05) is 11.6 Å². The van der Waals surface area contributed by atoms with Crippen molar-refractivity contribution in [3.05, 3.63) is 59.5 Å². The highest BCUT2D eigenvalue weighted by atomic mass is 35.5. The molecule has 0 saturated carbocycles. The summed E-state index contributed by atoms with van der Waals surface area (Å²) in [4.78, 5) is -0.0217. The van der Waals surface area contributed by atoms with Crippen molar-refractivity contribution in [2.75, 3.05) is 7.11 Å². The Bertz CT molecular complexity index is 1030. The van der Waals surface area contributed by atoms with Crippen LogP contribution in [0, 0.1) is 5.82 Å². The first-order valence-corrected chi connectivity index (χ1v) is 8.94. The first-order valence-electron chi connectivity index (χ1n) is 7.02. The van der Waals surface area contributed by atoms with Crippen molar-refractivity contribution >= 4 is 21.6 Å². The van der Waals surface area contributed by atoms with Crippen LogP contribution in [0.4, 0.5) is 4.39 Å². The lowest BCUT2D eigenvalue weighted by Crippen LogP contribution is -2.12. The number of methoxy groups -OCH3 is 1. The van der Waals surface area contributed by atoms with Crippen LogP contribution in [-0.2, 0) is 10.0 Å². The van der Waals surface area contributed by atoms with E-state index in [1.54, 1.807) is 6.07 Å². The van der Waals surface area contributed by atoms with Crippen LogP contribution in [0.15, 0.2) is 53.6 Å². The minimum Gasteiger partial charge on any atom is -0.494 e. The third kappa shape index (κ3) is 3.37. The van der Waals surface area contributed by atoms with Gasteiger partial charge in [0.1, 0.15) is 0 Å². The van der Waals surface area contributed by atoms with Crippen molar-refractivity contribution in [3.63, 3.8) is 0 Å². The van der Waals surface area contributed by atoms with E-state index >= 15 is 0 Å². The summed E-state index contributed by atoms with van der Waals surface area (Å²) < 4.78 is 43.1. The Morgan fingerprint density at radius 3 is 2.44 bits per heavy atom. The second-order valence-corrected chi connectivity index (χ2v) is 7.11. The molecule has 0 bridgehead atoms. The van der Waals surface area contributed by atoms with Crippen LogP contribution >= 0.6 is 11.6 Å². The fourth-order valence-corrected chi connectivity index (χ4v) is 3.12. The summed E-state index contributed by atoms with van der Waals surface area (Å²) in [7, 11) is -2.41. The molecule has 0 aliphatic rings. The normalized spacial score (nSPS) is 11.5. The number of rotatable bonds is 4. The van der Waals surface area contributed by atoms with Crippen LogP contribution < -0.4 is 9.88 Å². The number of sulfonamides is 1. The van der Waals surface area contributed by atoms with Crippen molar-refractivity contribution in [1.82, 2.24) is 9.78 Å². The monoisotopic (exact) mass is 381 g/mol. The first-order chi connectivity index (χ1) is 11.8. The molecule has 0 aliphatic carbocycles. The van der Waals surface area contributed by atoms with Crippen LogP contribution in [0.5, 0.6) is 5.75 Å². The number of halogens is 2. The topological polar surface area (TPSA) is 87.2 Å². The summed E-state index contributed by atoms with van der Waals surface area (Å²) in [6.07, 6.45) is 1.42. The Morgan fingerprint density at radius 2 is 1.88 bits per heavy atom. The van der Waals surface area contributed by atoms with E-state index < -0.39 is 15.8 Å².